The zero-order valence-corrected chi connectivity index (χ0v) is 15.6. The molecule has 25 heavy (non-hydrogen) atoms. The summed E-state index contributed by atoms with van der Waals surface area (Å²) in [6, 6.07) is 11.7. The van der Waals surface area contributed by atoms with E-state index in [1.54, 1.807) is 0 Å². The normalized spacial score (nSPS) is 11.4. The summed E-state index contributed by atoms with van der Waals surface area (Å²) in [6.45, 7) is 3.69. The van der Waals surface area contributed by atoms with Crippen molar-refractivity contribution in [2.45, 2.75) is 18.7 Å². The van der Waals surface area contributed by atoms with E-state index in [1.165, 1.54) is 38.4 Å². The van der Waals surface area contributed by atoms with Gasteiger partial charge in [0.25, 0.3) is 5.91 Å². The molecule has 1 N–H and O–H groups in total. The predicted molar refractivity (Wildman–Crippen MR) is 97.4 cm³/mol. The smallest absolute Gasteiger partial charge is 0.262 e. The monoisotopic (exact) mass is 362 g/mol. The van der Waals surface area contributed by atoms with Gasteiger partial charge in [-0.2, -0.15) is 0 Å². The molecule has 2 rings (SSSR count). The Kier molecular flexibility index (Phi) is 5.81. The van der Waals surface area contributed by atoms with Crippen LogP contribution in [0, 0.1) is 13.8 Å². The van der Waals surface area contributed by atoms with Gasteiger partial charge in [-0.25, -0.2) is 12.7 Å². The lowest BCUT2D eigenvalue weighted by Crippen LogP contribution is -2.22. The van der Waals surface area contributed by atoms with Gasteiger partial charge in [0, 0.05) is 19.8 Å². The molecular weight excluding hydrogens is 340 g/mol. The molecule has 6 nitrogen and oxygen atoms in total. The highest BCUT2D eigenvalue weighted by atomic mass is 32.2. The van der Waals surface area contributed by atoms with Crippen molar-refractivity contribution < 1.29 is 17.9 Å². The van der Waals surface area contributed by atoms with Gasteiger partial charge in [0.1, 0.15) is 5.75 Å². The Morgan fingerprint density at radius 1 is 1.04 bits per heavy atom. The Labute approximate surface area is 148 Å². The van der Waals surface area contributed by atoms with Gasteiger partial charge in [-0.3, -0.25) is 4.79 Å². The third kappa shape index (κ3) is 4.58. The third-order valence-electron chi connectivity index (χ3n) is 3.72. The molecule has 0 spiro atoms. The van der Waals surface area contributed by atoms with Gasteiger partial charge >= 0.3 is 0 Å². The zero-order chi connectivity index (χ0) is 18.6. The number of rotatable bonds is 6. The molecule has 1 amide bonds. The van der Waals surface area contributed by atoms with E-state index in [0.29, 0.717) is 5.75 Å². The van der Waals surface area contributed by atoms with Crippen LogP contribution in [0.2, 0.25) is 0 Å². The molecule has 7 heteroatoms. The van der Waals surface area contributed by atoms with Crippen molar-refractivity contribution >= 4 is 21.6 Å². The van der Waals surface area contributed by atoms with E-state index in [2.05, 4.69) is 5.32 Å². The zero-order valence-electron chi connectivity index (χ0n) is 14.7. The number of nitrogens with one attached hydrogen (secondary N) is 1. The second-order valence-electron chi connectivity index (χ2n) is 5.86. The van der Waals surface area contributed by atoms with Gasteiger partial charge in [0.05, 0.1) is 4.90 Å². The molecule has 0 aliphatic rings. The van der Waals surface area contributed by atoms with Crippen molar-refractivity contribution in [3.05, 3.63) is 53.6 Å². The minimum absolute atomic E-state index is 0.159. The number of carbonyl (C=O) groups is 1. The van der Waals surface area contributed by atoms with Crippen LogP contribution in [0.4, 0.5) is 5.69 Å². The van der Waals surface area contributed by atoms with Crippen molar-refractivity contribution in [1.82, 2.24) is 4.31 Å². The maximum absolute atomic E-state index is 12.1. The first-order chi connectivity index (χ1) is 11.7. The molecule has 0 saturated heterocycles. The fourth-order valence-electron chi connectivity index (χ4n) is 2.25. The molecule has 0 aliphatic heterocycles. The fraction of sp³-hybridized carbons (Fsp3) is 0.278. The van der Waals surface area contributed by atoms with Gasteiger partial charge in [0.2, 0.25) is 10.0 Å². The topological polar surface area (TPSA) is 75.7 Å². The second-order valence-corrected chi connectivity index (χ2v) is 8.01. The average Bonchev–Trinajstić information content (AvgIpc) is 2.56. The molecule has 0 fully saturated rings. The van der Waals surface area contributed by atoms with E-state index in [4.69, 9.17) is 4.74 Å². The van der Waals surface area contributed by atoms with Crippen LogP contribution in [0.5, 0.6) is 5.75 Å². The van der Waals surface area contributed by atoms with Crippen molar-refractivity contribution in [2.75, 3.05) is 26.0 Å². The number of anilines is 1. The minimum Gasteiger partial charge on any atom is -0.484 e. The van der Waals surface area contributed by atoms with Crippen molar-refractivity contribution in [2.24, 2.45) is 0 Å². The van der Waals surface area contributed by atoms with Crippen LogP contribution in [0.25, 0.3) is 0 Å². The van der Waals surface area contributed by atoms with Crippen LogP contribution in [0.3, 0.4) is 0 Å². The Hall–Kier alpha value is -2.38. The quantitative estimate of drug-likeness (QED) is 0.857. The predicted octanol–water partition coefficient (Wildman–Crippen LogP) is 2.57. The average molecular weight is 362 g/mol. The van der Waals surface area contributed by atoms with Crippen LogP contribution in [0.1, 0.15) is 11.1 Å². The van der Waals surface area contributed by atoms with E-state index in [-0.39, 0.29) is 17.4 Å². The van der Waals surface area contributed by atoms with E-state index in [0.717, 1.165) is 21.1 Å². The number of hydrogen-bond acceptors (Lipinski definition) is 4. The standard InChI is InChI=1S/C18H22N2O4S/c1-13-6-5-7-14(2)18(13)19-17(21)12-24-15-8-10-16(11-9-15)25(22,23)20(3)4/h5-11H,12H2,1-4H3,(H,19,21). The number of benzene rings is 2. The Morgan fingerprint density at radius 3 is 2.12 bits per heavy atom. The van der Waals surface area contributed by atoms with E-state index in [1.807, 2.05) is 32.0 Å². The molecular formula is C18H22N2O4S. The van der Waals surface area contributed by atoms with Crippen LogP contribution in [0.15, 0.2) is 47.4 Å². The molecule has 0 radical (unpaired) electrons. The number of nitrogens with zero attached hydrogens (tertiary/aromatic N) is 1. The number of carbonyl (C=O) groups excluding carboxylic acids is 1. The largest absolute Gasteiger partial charge is 0.484 e. The van der Waals surface area contributed by atoms with Crippen LogP contribution in [-0.2, 0) is 14.8 Å². The first kappa shape index (κ1) is 19.0. The number of sulfonamides is 1. The lowest BCUT2D eigenvalue weighted by molar-refractivity contribution is -0.118. The number of aryl methyl sites for hydroxylation is 2. The van der Waals surface area contributed by atoms with E-state index in [9.17, 15) is 13.2 Å². The summed E-state index contributed by atoms with van der Waals surface area (Å²) in [7, 11) is -0.537. The summed E-state index contributed by atoms with van der Waals surface area (Å²) >= 11 is 0. The number of ether oxygens (including phenoxy) is 1. The molecule has 0 aromatic heterocycles. The fourth-order valence-corrected chi connectivity index (χ4v) is 3.16. The van der Waals surface area contributed by atoms with Gasteiger partial charge in [0.15, 0.2) is 6.61 Å². The first-order valence-corrected chi connectivity index (χ1v) is 9.17. The SMILES string of the molecule is Cc1cccc(C)c1NC(=O)COc1ccc(S(=O)(=O)N(C)C)cc1. The summed E-state index contributed by atoms with van der Waals surface area (Å²) in [5.74, 6) is 0.150. The van der Waals surface area contributed by atoms with Gasteiger partial charge in [-0.15, -0.1) is 0 Å². The lowest BCUT2D eigenvalue weighted by Gasteiger charge is -2.13. The number of hydrogen-bond donors (Lipinski definition) is 1. The molecule has 134 valence electrons. The van der Waals surface area contributed by atoms with Gasteiger partial charge < -0.3 is 10.1 Å². The van der Waals surface area contributed by atoms with E-state index < -0.39 is 10.0 Å². The molecule has 0 unspecified atom stereocenters. The van der Waals surface area contributed by atoms with Gasteiger partial charge in [-0.05, 0) is 49.2 Å². The van der Waals surface area contributed by atoms with Crippen molar-refractivity contribution in [3.8, 4) is 5.75 Å². The molecule has 0 aliphatic carbocycles. The maximum atomic E-state index is 12.1. The summed E-state index contributed by atoms with van der Waals surface area (Å²) in [5.41, 5.74) is 2.74. The highest BCUT2D eigenvalue weighted by Crippen LogP contribution is 2.20. The first-order valence-electron chi connectivity index (χ1n) is 7.73. The van der Waals surface area contributed by atoms with Crippen LogP contribution < -0.4 is 10.1 Å². The van der Waals surface area contributed by atoms with Crippen molar-refractivity contribution in [1.29, 1.82) is 0 Å². The van der Waals surface area contributed by atoms with Gasteiger partial charge in [-0.1, -0.05) is 18.2 Å². The lowest BCUT2D eigenvalue weighted by atomic mass is 10.1. The number of amides is 1. The molecule has 2 aromatic carbocycles. The third-order valence-corrected chi connectivity index (χ3v) is 5.55. The molecule has 0 atom stereocenters. The van der Waals surface area contributed by atoms with Crippen LogP contribution >= 0.6 is 0 Å². The molecule has 0 saturated carbocycles. The van der Waals surface area contributed by atoms with E-state index >= 15 is 0 Å². The maximum Gasteiger partial charge on any atom is 0.262 e. The highest BCUT2D eigenvalue weighted by Gasteiger charge is 2.16. The second kappa shape index (κ2) is 7.67. The number of para-hydroxylation sites is 1. The summed E-state index contributed by atoms with van der Waals surface area (Å²) < 4.78 is 30.6. The summed E-state index contributed by atoms with van der Waals surface area (Å²) in [4.78, 5) is 12.2. The Bertz CT molecular complexity index is 839. The molecule has 0 bridgehead atoms. The minimum atomic E-state index is -3.48. The molecule has 0 heterocycles. The summed E-state index contributed by atoms with van der Waals surface area (Å²) in [6.07, 6.45) is 0. The van der Waals surface area contributed by atoms with Crippen LogP contribution in [-0.4, -0.2) is 39.3 Å². The Balaban J connectivity index is 1.99. The molecule has 2 aromatic rings. The highest BCUT2D eigenvalue weighted by molar-refractivity contribution is 7.89. The Morgan fingerprint density at radius 2 is 1.60 bits per heavy atom. The summed E-state index contributed by atoms with van der Waals surface area (Å²) in [5, 5.41) is 2.83. The van der Waals surface area contributed by atoms with Crippen molar-refractivity contribution in [3.63, 3.8) is 0 Å².